The number of Topliss-reactive ketones (excluding diaryl/α,β-unsaturated/α-hetero) is 1. The molecule has 0 radical (unpaired) electrons. The van der Waals surface area contributed by atoms with Crippen molar-refractivity contribution in [1.29, 1.82) is 0 Å². The van der Waals surface area contributed by atoms with Crippen LogP contribution in [0.2, 0.25) is 0 Å². The second kappa shape index (κ2) is 7.96. The molecule has 35 heavy (non-hydrogen) atoms. The van der Waals surface area contributed by atoms with Crippen LogP contribution in [0, 0.1) is 28.6 Å². The van der Waals surface area contributed by atoms with E-state index in [0.717, 1.165) is 0 Å². The Kier molecular flexibility index (Phi) is 5.60. The molecule has 5 rings (SSSR count). The molecule has 1 aromatic rings. The first-order valence-corrected chi connectivity index (χ1v) is 12.4. The van der Waals surface area contributed by atoms with Gasteiger partial charge < -0.3 is 29.6 Å². The van der Waals surface area contributed by atoms with Crippen LogP contribution < -0.4 is 5.63 Å². The molecule has 0 saturated heterocycles. The van der Waals surface area contributed by atoms with Gasteiger partial charge in [-0.25, -0.2) is 4.79 Å². The number of carbonyl (C=O) groups is 2. The molecule has 9 nitrogen and oxygen atoms in total. The smallest absolute Gasteiger partial charge is 0.335 e. The Bertz CT molecular complexity index is 1080. The van der Waals surface area contributed by atoms with E-state index in [1.54, 1.807) is 13.0 Å². The zero-order valence-corrected chi connectivity index (χ0v) is 20.2. The van der Waals surface area contributed by atoms with Crippen LogP contribution in [0.4, 0.5) is 0 Å². The summed E-state index contributed by atoms with van der Waals surface area (Å²) in [5.74, 6) is -2.99. The molecule has 1 aromatic heterocycles. The van der Waals surface area contributed by atoms with Crippen LogP contribution in [-0.2, 0) is 14.3 Å². The van der Waals surface area contributed by atoms with Crippen molar-refractivity contribution < 1.29 is 39.2 Å². The molecule has 4 N–H and O–H groups in total. The van der Waals surface area contributed by atoms with Gasteiger partial charge in [0.15, 0.2) is 5.78 Å². The Labute approximate surface area is 203 Å². The third kappa shape index (κ3) is 3.17. The van der Waals surface area contributed by atoms with E-state index in [2.05, 4.69) is 0 Å². The molecule has 0 aromatic carbocycles. The third-order valence-electron chi connectivity index (χ3n) is 10.2. The number of ether oxygens (including phenoxy) is 1. The molecule has 0 unspecified atom stereocenters. The van der Waals surface area contributed by atoms with Gasteiger partial charge in [0.2, 0.25) is 0 Å². The quantitative estimate of drug-likeness (QED) is 0.443. The van der Waals surface area contributed by atoms with Gasteiger partial charge in [0.1, 0.15) is 18.3 Å². The summed E-state index contributed by atoms with van der Waals surface area (Å²) in [4.78, 5) is 37.2. The van der Waals surface area contributed by atoms with E-state index in [0.29, 0.717) is 31.2 Å². The van der Waals surface area contributed by atoms with Gasteiger partial charge in [-0.3, -0.25) is 9.59 Å². The van der Waals surface area contributed by atoms with E-state index >= 15 is 0 Å². The number of fused-ring (bicyclic) bond motifs is 5. The molecule has 9 heteroatoms. The van der Waals surface area contributed by atoms with E-state index < -0.39 is 76.0 Å². The van der Waals surface area contributed by atoms with Crippen LogP contribution in [0.3, 0.4) is 0 Å². The summed E-state index contributed by atoms with van der Waals surface area (Å²) in [6.07, 6.45) is -1.59. The Morgan fingerprint density at radius 1 is 1.09 bits per heavy atom. The first kappa shape index (κ1) is 24.6. The highest BCUT2D eigenvalue weighted by molar-refractivity contribution is 5.93. The Morgan fingerprint density at radius 2 is 1.77 bits per heavy atom. The monoisotopic (exact) mass is 490 g/mol. The minimum atomic E-state index is -1.42. The first-order chi connectivity index (χ1) is 16.4. The van der Waals surface area contributed by atoms with E-state index in [4.69, 9.17) is 9.15 Å². The number of esters is 1. The van der Waals surface area contributed by atoms with Gasteiger partial charge in [-0.2, -0.15) is 0 Å². The maximum atomic E-state index is 14.0. The summed E-state index contributed by atoms with van der Waals surface area (Å²) in [7, 11) is 0. The third-order valence-corrected chi connectivity index (χ3v) is 10.2. The molecule has 11 atom stereocenters. The van der Waals surface area contributed by atoms with Gasteiger partial charge in [0.25, 0.3) is 0 Å². The molecule has 0 aliphatic heterocycles. The van der Waals surface area contributed by atoms with Crippen molar-refractivity contribution in [2.24, 2.45) is 28.6 Å². The normalized spacial score (nSPS) is 49.1. The molecule has 0 bridgehead atoms. The summed E-state index contributed by atoms with van der Waals surface area (Å²) in [5, 5.41) is 45.2. The van der Waals surface area contributed by atoms with Crippen molar-refractivity contribution in [3.8, 4) is 0 Å². The van der Waals surface area contributed by atoms with Crippen LogP contribution in [0.25, 0.3) is 0 Å². The number of carbonyl (C=O) groups excluding carboxylic acids is 2. The van der Waals surface area contributed by atoms with E-state index in [-0.39, 0.29) is 12.3 Å². The van der Waals surface area contributed by atoms with Gasteiger partial charge in [-0.05, 0) is 62.0 Å². The SMILES string of the molecule is CC(=O)O[C@H]1[C@@H](O)[C@H](O)C[C@]2(C)[C@H]3[C@H](O)C(=O)[C@]4(C)[C@@H](c5ccc(=O)oc5)CC[C@]4(O)[C@@H]3CC[C@@H]12. The van der Waals surface area contributed by atoms with E-state index in [1.807, 2.05) is 6.92 Å². The van der Waals surface area contributed by atoms with Gasteiger partial charge in [0.05, 0.1) is 23.4 Å². The van der Waals surface area contributed by atoms with E-state index in [9.17, 15) is 34.8 Å². The molecule has 4 aliphatic rings. The van der Waals surface area contributed by atoms with Crippen molar-refractivity contribution in [2.75, 3.05) is 0 Å². The highest BCUT2D eigenvalue weighted by Gasteiger charge is 2.74. The lowest BCUT2D eigenvalue weighted by Gasteiger charge is -2.65. The Morgan fingerprint density at radius 3 is 2.40 bits per heavy atom. The topological polar surface area (TPSA) is 154 Å². The maximum Gasteiger partial charge on any atom is 0.335 e. The molecule has 4 fully saturated rings. The summed E-state index contributed by atoms with van der Waals surface area (Å²) < 4.78 is 10.5. The van der Waals surface area contributed by atoms with Crippen molar-refractivity contribution in [2.45, 2.75) is 88.8 Å². The molecular weight excluding hydrogens is 456 g/mol. The second-order valence-electron chi connectivity index (χ2n) is 11.6. The number of aliphatic hydroxyl groups excluding tert-OH is 3. The molecule has 4 aliphatic carbocycles. The molecule has 1 heterocycles. The lowest BCUT2D eigenvalue weighted by molar-refractivity contribution is -0.256. The predicted molar refractivity (Wildman–Crippen MR) is 121 cm³/mol. The maximum absolute atomic E-state index is 14.0. The lowest BCUT2D eigenvalue weighted by Crippen LogP contribution is -2.72. The average molecular weight is 491 g/mol. The fourth-order valence-electron chi connectivity index (χ4n) is 8.60. The number of hydrogen-bond donors (Lipinski definition) is 4. The first-order valence-electron chi connectivity index (χ1n) is 12.4. The van der Waals surface area contributed by atoms with Gasteiger partial charge in [-0.1, -0.05) is 6.92 Å². The Hall–Kier alpha value is -2.07. The summed E-state index contributed by atoms with van der Waals surface area (Å²) in [5.41, 5.74) is -3.44. The summed E-state index contributed by atoms with van der Waals surface area (Å²) in [6, 6.07) is 2.90. The average Bonchev–Trinajstić information content (AvgIpc) is 3.08. The molecule has 4 saturated carbocycles. The van der Waals surface area contributed by atoms with Crippen LogP contribution in [0.15, 0.2) is 27.6 Å². The molecule has 192 valence electrons. The highest BCUT2D eigenvalue weighted by atomic mass is 16.6. The number of hydrogen-bond acceptors (Lipinski definition) is 9. The van der Waals surface area contributed by atoms with E-state index in [1.165, 1.54) is 19.3 Å². The van der Waals surface area contributed by atoms with Crippen LogP contribution in [0.1, 0.15) is 64.4 Å². The largest absolute Gasteiger partial charge is 0.459 e. The summed E-state index contributed by atoms with van der Waals surface area (Å²) in [6.45, 7) is 4.81. The number of ketones is 1. The zero-order chi connectivity index (χ0) is 25.5. The highest BCUT2D eigenvalue weighted by Crippen LogP contribution is 2.69. The van der Waals surface area contributed by atoms with Crippen LogP contribution in [0.5, 0.6) is 0 Å². The van der Waals surface area contributed by atoms with Crippen molar-refractivity contribution in [3.05, 3.63) is 34.4 Å². The zero-order valence-electron chi connectivity index (χ0n) is 20.2. The second-order valence-corrected chi connectivity index (χ2v) is 11.6. The van der Waals surface area contributed by atoms with Crippen molar-refractivity contribution in [3.63, 3.8) is 0 Å². The molecule has 0 spiro atoms. The number of aliphatic hydroxyl groups is 4. The lowest BCUT2D eigenvalue weighted by atomic mass is 9.41. The van der Waals surface area contributed by atoms with Crippen molar-refractivity contribution in [1.82, 2.24) is 0 Å². The predicted octanol–water partition coefficient (Wildman–Crippen LogP) is 0.904. The fraction of sp³-hybridized carbons (Fsp3) is 0.731. The minimum Gasteiger partial charge on any atom is -0.459 e. The van der Waals surface area contributed by atoms with Gasteiger partial charge in [0, 0.05) is 30.7 Å². The number of rotatable bonds is 2. The Balaban J connectivity index is 1.57. The summed E-state index contributed by atoms with van der Waals surface area (Å²) >= 11 is 0. The van der Waals surface area contributed by atoms with Crippen LogP contribution >= 0.6 is 0 Å². The fourth-order valence-corrected chi connectivity index (χ4v) is 8.60. The molecular formula is C26H34O9. The van der Waals surface area contributed by atoms with Gasteiger partial charge >= 0.3 is 11.6 Å². The van der Waals surface area contributed by atoms with Crippen LogP contribution in [-0.4, -0.2) is 62.2 Å². The standard InChI is InChI=1S/C26H34O9/c1-12(27)35-22-16-6-5-15-19(24(16,2)10-17(28)20(22)30)21(31)23(32)25(3)14(8-9-26(15,25)33)13-4-7-18(29)34-11-13/h4,7,11,14-17,19-22,28,30-31,33H,5-6,8-10H2,1-3H3/t14-,15-,16+,17-,19-,20+,21+,22-,24+,25+,26+/m1/s1. The van der Waals surface area contributed by atoms with Gasteiger partial charge in [-0.15, -0.1) is 0 Å². The van der Waals surface area contributed by atoms with Crippen molar-refractivity contribution >= 4 is 11.8 Å². The minimum absolute atomic E-state index is 0.113. The molecule has 0 amide bonds.